The molecule has 1 aromatic rings. The fraction of sp³-hybridized carbons (Fsp3) is 0.222. The van der Waals surface area contributed by atoms with E-state index in [-0.39, 0.29) is 20.5 Å². The van der Waals surface area contributed by atoms with E-state index in [0.717, 1.165) is 11.4 Å². The van der Waals surface area contributed by atoms with Crippen LogP contribution in [-0.2, 0) is 4.79 Å². The normalized spacial score (nSPS) is 14.3. The molecule has 0 saturated heterocycles. The second-order valence-electron chi connectivity index (χ2n) is 3.22. The molecule has 0 unspecified atom stereocenters. The van der Waals surface area contributed by atoms with Crippen molar-refractivity contribution >= 4 is 37.5 Å². The Hall–Kier alpha value is -1.23. The predicted octanol–water partition coefficient (Wildman–Crippen LogP) is 1.32. The average molecular weight is 269 g/mol. The van der Waals surface area contributed by atoms with Gasteiger partial charge in [-0.15, -0.1) is 0 Å². The molecule has 1 atom stereocenters. The molecule has 0 fully saturated rings. The van der Waals surface area contributed by atoms with Crippen LogP contribution in [0, 0.1) is 0 Å². The van der Waals surface area contributed by atoms with Gasteiger partial charge in [0.1, 0.15) is 0 Å². The van der Waals surface area contributed by atoms with Crippen LogP contribution in [0.25, 0.3) is 0 Å². The van der Waals surface area contributed by atoms with Gasteiger partial charge >= 0.3 is 92.5 Å². The number of hydrogen-bond donors (Lipinski definition) is 2. The Morgan fingerprint density at radius 1 is 1.53 bits per heavy atom. The van der Waals surface area contributed by atoms with Crippen LogP contribution in [-0.4, -0.2) is 26.5 Å². The first-order chi connectivity index (χ1) is 7.18. The van der Waals surface area contributed by atoms with Crippen molar-refractivity contribution in [2.24, 2.45) is 13.7 Å². The van der Waals surface area contributed by atoms with Crippen molar-refractivity contribution in [3.8, 4) is 0 Å². The van der Waals surface area contributed by atoms with Gasteiger partial charge in [0.2, 0.25) is 0 Å². The predicted molar refractivity (Wildman–Crippen MR) is 58.7 cm³/mol. The Morgan fingerprint density at radius 3 is 3.07 bits per heavy atom. The molecule has 0 aliphatic carbocycles. The van der Waals surface area contributed by atoms with Crippen molar-refractivity contribution in [3.05, 3.63) is 18.2 Å². The number of anilines is 1. The van der Waals surface area contributed by atoms with Gasteiger partial charge in [-0.2, -0.15) is 0 Å². The Labute approximate surface area is 92.8 Å². The minimum atomic E-state index is -0.523. The Morgan fingerprint density at radius 2 is 2.33 bits per heavy atom. The number of hydrogen-bond acceptors (Lipinski definition) is 4. The van der Waals surface area contributed by atoms with Gasteiger partial charge in [0.05, 0.1) is 0 Å². The van der Waals surface area contributed by atoms with Crippen molar-refractivity contribution in [3.63, 3.8) is 0 Å². The van der Waals surface area contributed by atoms with Gasteiger partial charge in [-0.1, -0.05) is 0 Å². The number of amides is 1. The summed E-state index contributed by atoms with van der Waals surface area (Å²) in [5.41, 5.74) is 7.77. The van der Waals surface area contributed by atoms with E-state index in [1.54, 1.807) is 13.0 Å². The van der Waals surface area contributed by atoms with Gasteiger partial charge in [0.25, 0.3) is 0 Å². The zero-order valence-corrected chi connectivity index (χ0v) is 9.81. The molecule has 15 heavy (non-hydrogen) atoms. The molecule has 1 aliphatic rings. The number of rotatable bonds is 2. The van der Waals surface area contributed by atoms with Crippen LogP contribution in [0.15, 0.2) is 26.1 Å². The summed E-state index contributed by atoms with van der Waals surface area (Å²) >= 11 is -0.0858. The van der Waals surface area contributed by atoms with Crippen molar-refractivity contribution in [1.29, 1.82) is 0 Å². The summed E-state index contributed by atoms with van der Waals surface area (Å²) in [4.78, 5) is 11.4. The van der Waals surface area contributed by atoms with Gasteiger partial charge in [0.15, 0.2) is 0 Å². The van der Waals surface area contributed by atoms with Crippen LogP contribution in [0.2, 0.25) is 0 Å². The molecule has 78 valence electrons. The van der Waals surface area contributed by atoms with Gasteiger partial charge < -0.3 is 0 Å². The molecule has 0 bridgehead atoms. The van der Waals surface area contributed by atoms with Crippen molar-refractivity contribution in [2.75, 3.05) is 5.32 Å². The number of nitrogens with one attached hydrogen (secondary N) is 1. The molecule has 0 spiro atoms. The van der Waals surface area contributed by atoms with Crippen LogP contribution in [0.4, 0.5) is 17.1 Å². The maximum atomic E-state index is 11.4. The molecule has 3 N–H and O–H groups in total. The molecule has 1 aliphatic heterocycles. The van der Waals surface area contributed by atoms with Gasteiger partial charge in [0, 0.05) is 0 Å². The first kappa shape index (κ1) is 10.3. The molecule has 0 aromatic heterocycles. The molecule has 0 radical (unpaired) electrons. The Balaban J connectivity index is 2.28. The quantitative estimate of drug-likeness (QED) is 0.806. The zero-order chi connectivity index (χ0) is 10.8. The molecule has 1 aromatic carbocycles. The van der Waals surface area contributed by atoms with Crippen LogP contribution in [0.5, 0.6) is 0 Å². The zero-order valence-electron chi connectivity index (χ0n) is 8.10. The summed E-state index contributed by atoms with van der Waals surface area (Å²) in [5.74, 6) is -0.210. The molecule has 6 heteroatoms. The number of carbonyl (C=O) groups is 1. The van der Waals surface area contributed by atoms with E-state index in [1.807, 2.05) is 12.1 Å². The number of carbonyl (C=O) groups excluding carboxylic acids is 1. The topological polar surface area (TPSA) is 79.8 Å². The van der Waals surface area contributed by atoms with E-state index in [2.05, 4.69) is 13.2 Å². The summed E-state index contributed by atoms with van der Waals surface area (Å²) in [6.07, 6.45) is 0. The van der Waals surface area contributed by atoms with E-state index in [9.17, 15) is 4.79 Å². The molecule has 5 nitrogen and oxygen atoms in total. The summed E-state index contributed by atoms with van der Waals surface area (Å²) < 4.78 is 8.48. The first-order valence-electron chi connectivity index (χ1n) is 4.46. The van der Waals surface area contributed by atoms with Gasteiger partial charge in [-0.05, 0) is 0 Å². The van der Waals surface area contributed by atoms with E-state index in [1.165, 1.54) is 0 Å². The van der Waals surface area contributed by atoms with Gasteiger partial charge in [-0.25, -0.2) is 0 Å². The second kappa shape index (κ2) is 4.10. The first-order valence-corrected chi connectivity index (χ1v) is 5.99. The SMILES string of the molecule is C[C@@H](N)C(=O)Nc1cccc2c1N=[Se]=N2. The van der Waals surface area contributed by atoms with Crippen LogP contribution in [0.1, 0.15) is 6.92 Å². The summed E-state index contributed by atoms with van der Waals surface area (Å²) in [5, 5.41) is 2.73. The molecule has 2 rings (SSSR count). The number of fused-ring (bicyclic) bond motifs is 1. The third-order valence-electron chi connectivity index (χ3n) is 1.96. The second-order valence-corrected chi connectivity index (χ2v) is 4.32. The molecule has 1 heterocycles. The van der Waals surface area contributed by atoms with Crippen molar-refractivity contribution in [1.82, 2.24) is 0 Å². The van der Waals surface area contributed by atoms with E-state index in [4.69, 9.17) is 5.73 Å². The molecular formula is C9H10N4OSe. The van der Waals surface area contributed by atoms with E-state index in [0.29, 0.717) is 5.69 Å². The average Bonchev–Trinajstić information content (AvgIpc) is 2.66. The fourth-order valence-corrected chi connectivity index (χ4v) is 2.31. The Bertz CT molecular complexity index is 477. The fourth-order valence-electron chi connectivity index (χ4n) is 1.15. The van der Waals surface area contributed by atoms with E-state index < -0.39 is 6.04 Å². The number of nitrogens with two attached hydrogens (primary N) is 1. The third kappa shape index (κ3) is 2.07. The standard InChI is InChI=1S/C9H10N4OSe/c1-5(10)9(14)11-6-3-2-4-7-8(6)13-15-12-7/h2-5H,10H2,1H3,(H,11,14)/t5-/m1/s1. The molecular weight excluding hydrogens is 259 g/mol. The number of nitrogens with zero attached hydrogens (tertiary/aromatic N) is 2. The van der Waals surface area contributed by atoms with Crippen molar-refractivity contribution < 1.29 is 4.79 Å². The van der Waals surface area contributed by atoms with Crippen LogP contribution in [0.3, 0.4) is 0 Å². The van der Waals surface area contributed by atoms with Crippen LogP contribution >= 0.6 is 0 Å². The summed E-state index contributed by atoms with van der Waals surface area (Å²) in [6.45, 7) is 1.64. The van der Waals surface area contributed by atoms with Gasteiger partial charge in [-0.3, -0.25) is 0 Å². The van der Waals surface area contributed by atoms with E-state index >= 15 is 0 Å². The summed E-state index contributed by atoms with van der Waals surface area (Å²) in [7, 11) is 0. The Kier molecular flexibility index (Phi) is 2.81. The molecule has 1 amide bonds. The monoisotopic (exact) mass is 270 g/mol. The minimum absolute atomic E-state index is 0.0858. The van der Waals surface area contributed by atoms with Crippen molar-refractivity contribution in [2.45, 2.75) is 13.0 Å². The summed E-state index contributed by atoms with van der Waals surface area (Å²) in [6, 6.07) is 5.01. The third-order valence-corrected chi connectivity index (χ3v) is 3.10. The number of benzene rings is 1. The van der Waals surface area contributed by atoms with Crippen LogP contribution < -0.4 is 11.1 Å². The maximum absolute atomic E-state index is 11.4. The molecule has 0 saturated carbocycles.